The maximum Gasteiger partial charge on any atom is 0.202 e. The highest BCUT2D eigenvalue weighted by Gasteiger charge is 2.21. The van der Waals surface area contributed by atoms with Crippen molar-refractivity contribution >= 4 is 21.8 Å². The van der Waals surface area contributed by atoms with Crippen molar-refractivity contribution < 1.29 is 43.0 Å². The average molecular weight is 555 g/mol. The zero-order chi connectivity index (χ0) is 20.9. The molecule has 5 heteroatoms. The third-order valence-corrected chi connectivity index (χ3v) is 6.50. The number of hydrogen-bond donors (Lipinski definition) is 0. The first-order valence-corrected chi connectivity index (χ1v) is 11.7. The van der Waals surface area contributed by atoms with E-state index in [2.05, 4.69) is 80.5 Å². The minimum Gasteiger partial charge on any atom is -1.00 e. The fraction of sp³-hybridized carbons (Fsp3) is 0.577. The molecule has 0 N–H and O–H groups in total. The fourth-order valence-corrected chi connectivity index (χ4v) is 4.58. The van der Waals surface area contributed by atoms with Gasteiger partial charge in [0.2, 0.25) is 5.69 Å². The number of nitrogens with zero attached hydrogens (tertiary/aromatic N) is 3. The molecule has 2 heterocycles. The quantitative estimate of drug-likeness (QED) is 0.177. The summed E-state index contributed by atoms with van der Waals surface area (Å²) in [4.78, 5) is 0. The summed E-state index contributed by atoms with van der Waals surface area (Å²) in [6.07, 6.45) is 10.1. The van der Waals surface area contributed by atoms with Crippen LogP contribution in [0.1, 0.15) is 58.1 Å². The van der Waals surface area contributed by atoms with Crippen molar-refractivity contribution in [3.8, 4) is 0 Å². The molecule has 0 aliphatic carbocycles. The summed E-state index contributed by atoms with van der Waals surface area (Å²) in [7, 11) is 4.78. The maximum atomic E-state index is 2.59. The lowest BCUT2D eigenvalue weighted by Gasteiger charge is -2.30. The van der Waals surface area contributed by atoms with E-state index in [1.165, 1.54) is 79.1 Å². The van der Waals surface area contributed by atoms with Gasteiger partial charge in [-0.25, -0.2) is 4.57 Å². The fourth-order valence-electron chi connectivity index (χ4n) is 4.58. The summed E-state index contributed by atoms with van der Waals surface area (Å²) in [5.74, 6) is 0. The molecular formula is C26H41Br2N3. The predicted octanol–water partition coefficient (Wildman–Crippen LogP) is -0.145. The number of quaternary nitrogens is 1. The molecule has 0 bridgehead atoms. The molecule has 31 heavy (non-hydrogen) atoms. The Morgan fingerprint density at radius 2 is 1.52 bits per heavy atom. The number of pyridine rings is 1. The van der Waals surface area contributed by atoms with Crippen LogP contribution in [0.2, 0.25) is 0 Å². The highest BCUT2D eigenvalue weighted by molar-refractivity contribution is 6.08. The largest absolute Gasteiger partial charge is 1.00 e. The van der Waals surface area contributed by atoms with Crippen LogP contribution in [0.15, 0.2) is 36.5 Å². The van der Waals surface area contributed by atoms with Gasteiger partial charge in [0.05, 0.1) is 33.7 Å². The monoisotopic (exact) mass is 553 g/mol. The summed E-state index contributed by atoms with van der Waals surface area (Å²) in [6.45, 7) is 11.5. The molecule has 0 atom stereocenters. The van der Waals surface area contributed by atoms with Gasteiger partial charge in [0.15, 0.2) is 6.20 Å². The van der Waals surface area contributed by atoms with Gasteiger partial charge in [0.1, 0.15) is 12.1 Å². The van der Waals surface area contributed by atoms with Crippen LogP contribution in [0.5, 0.6) is 0 Å². The van der Waals surface area contributed by atoms with Gasteiger partial charge in [-0.3, -0.25) is 0 Å². The summed E-state index contributed by atoms with van der Waals surface area (Å²) >= 11 is 0. The molecule has 0 spiro atoms. The molecule has 0 saturated carbocycles. The van der Waals surface area contributed by atoms with Crippen molar-refractivity contribution in [1.29, 1.82) is 0 Å². The number of para-hydroxylation sites is 1. The van der Waals surface area contributed by atoms with E-state index in [0.29, 0.717) is 0 Å². The molecule has 0 amide bonds. The van der Waals surface area contributed by atoms with Gasteiger partial charge in [-0.1, -0.05) is 44.9 Å². The Hall–Kier alpha value is -0.910. The molecule has 3 rings (SSSR count). The third-order valence-electron chi connectivity index (χ3n) is 6.50. The molecule has 174 valence electrons. The highest BCUT2D eigenvalue weighted by Crippen LogP contribution is 2.30. The van der Waals surface area contributed by atoms with Crippen molar-refractivity contribution in [3.05, 3.63) is 42.2 Å². The van der Waals surface area contributed by atoms with Crippen molar-refractivity contribution in [2.24, 2.45) is 0 Å². The van der Waals surface area contributed by atoms with Crippen molar-refractivity contribution in [3.63, 3.8) is 0 Å². The Morgan fingerprint density at radius 1 is 0.839 bits per heavy atom. The first-order valence-electron chi connectivity index (χ1n) is 11.7. The molecule has 3 aromatic rings. The summed E-state index contributed by atoms with van der Waals surface area (Å²) in [5, 5.41) is 2.80. The van der Waals surface area contributed by atoms with Crippen molar-refractivity contribution in [1.82, 2.24) is 4.57 Å². The Morgan fingerprint density at radius 3 is 2.23 bits per heavy atom. The highest BCUT2D eigenvalue weighted by atomic mass is 79.9. The Bertz CT molecular complexity index is 947. The molecule has 0 saturated heterocycles. The lowest BCUT2D eigenvalue weighted by atomic mass is 10.1. The van der Waals surface area contributed by atoms with Crippen LogP contribution in [0.3, 0.4) is 0 Å². The van der Waals surface area contributed by atoms with E-state index >= 15 is 0 Å². The van der Waals surface area contributed by atoms with E-state index in [-0.39, 0.29) is 34.0 Å². The molecule has 0 fully saturated rings. The van der Waals surface area contributed by atoms with Gasteiger partial charge >= 0.3 is 0 Å². The van der Waals surface area contributed by atoms with Gasteiger partial charge in [-0.05, 0) is 25.3 Å². The molecule has 0 aliphatic rings. The van der Waals surface area contributed by atoms with Crippen molar-refractivity contribution in [2.75, 3.05) is 27.2 Å². The van der Waals surface area contributed by atoms with Crippen molar-refractivity contribution in [2.45, 2.75) is 72.4 Å². The van der Waals surface area contributed by atoms with E-state index in [9.17, 15) is 0 Å². The van der Waals surface area contributed by atoms with E-state index in [0.717, 1.165) is 17.6 Å². The van der Waals surface area contributed by atoms with Gasteiger partial charge in [0.25, 0.3) is 0 Å². The number of aromatic nitrogens is 2. The Labute approximate surface area is 210 Å². The van der Waals surface area contributed by atoms with E-state index in [1.54, 1.807) is 0 Å². The number of fused-ring (bicyclic) bond motifs is 3. The normalized spacial score (nSPS) is 11.5. The van der Waals surface area contributed by atoms with Crippen LogP contribution in [0.25, 0.3) is 21.8 Å². The number of hydrogen-bond acceptors (Lipinski definition) is 0. The minimum atomic E-state index is 0. The van der Waals surface area contributed by atoms with Crippen LogP contribution in [-0.2, 0) is 13.1 Å². The van der Waals surface area contributed by atoms with Crippen LogP contribution in [0, 0.1) is 6.92 Å². The lowest BCUT2D eigenvalue weighted by molar-refractivity contribution is -0.891. The summed E-state index contributed by atoms with van der Waals surface area (Å²) in [6, 6.07) is 11.3. The number of unbranched alkanes of at least 4 members (excludes halogenated alkanes) is 4. The first kappa shape index (κ1) is 28.1. The molecule has 0 unspecified atom stereocenters. The number of rotatable bonds is 11. The lowest BCUT2D eigenvalue weighted by Crippen LogP contribution is -3.00. The standard InChI is InChI=1S/C26H41N3.2BrH/c1-6-8-12-17-27-18-16-24-23-14-10-11-15-25(23)28(26(24)22(27)3)19-21-29(4,5)20-13-9-7-2;;/h10-11,14-16,18H,6-9,12-13,17,19-21H2,1-5H3;2*1H/q+2;;/p-2. The maximum absolute atomic E-state index is 2.59. The summed E-state index contributed by atoms with van der Waals surface area (Å²) < 4.78 is 6.15. The van der Waals surface area contributed by atoms with Crippen LogP contribution in [0.4, 0.5) is 0 Å². The van der Waals surface area contributed by atoms with Crippen LogP contribution in [-0.4, -0.2) is 36.2 Å². The number of aryl methyl sites for hydroxylation is 2. The number of benzene rings is 1. The predicted molar refractivity (Wildman–Crippen MR) is 125 cm³/mol. The number of halogens is 2. The molecule has 3 nitrogen and oxygen atoms in total. The second-order valence-electron chi connectivity index (χ2n) is 9.32. The van der Waals surface area contributed by atoms with Crippen LogP contribution >= 0.6 is 0 Å². The second kappa shape index (κ2) is 13.0. The zero-order valence-corrected chi connectivity index (χ0v) is 23.3. The van der Waals surface area contributed by atoms with Gasteiger partial charge in [0, 0.05) is 35.7 Å². The number of likely N-dealkylation sites (N-methyl/N-ethyl adjacent to an activating group) is 1. The zero-order valence-electron chi connectivity index (χ0n) is 20.1. The smallest absolute Gasteiger partial charge is 0.202 e. The Balaban J connectivity index is 0.00000240. The van der Waals surface area contributed by atoms with Crippen LogP contribution < -0.4 is 38.5 Å². The molecule has 1 aromatic carbocycles. The third kappa shape index (κ3) is 6.79. The van der Waals surface area contributed by atoms with Gasteiger partial charge < -0.3 is 43.0 Å². The van der Waals surface area contributed by atoms with E-state index in [4.69, 9.17) is 0 Å². The molecular weight excluding hydrogens is 514 g/mol. The average Bonchev–Trinajstić information content (AvgIpc) is 3.03. The molecule has 0 radical (unpaired) electrons. The second-order valence-corrected chi connectivity index (χ2v) is 9.32. The summed E-state index contributed by atoms with van der Waals surface area (Å²) in [5.41, 5.74) is 4.22. The SMILES string of the molecule is CCCCC[n+]1ccc2c3ccccc3n(CC[N+](C)(C)CCCCC)c2c1C.[Br-].[Br-]. The van der Waals surface area contributed by atoms with E-state index in [1.807, 2.05) is 0 Å². The topological polar surface area (TPSA) is 8.81 Å². The van der Waals surface area contributed by atoms with Gasteiger partial charge in [-0.2, -0.15) is 0 Å². The molecule has 2 aromatic heterocycles. The Kier molecular flexibility index (Phi) is 11.8. The van der Waals surface area contributed by atoms with Gasteiger partial charge in [-0.15, -0.1) is 0 Å². The molecule has 0 aliphatic heterocycles. The minimum absolute atomic E-state index is 0. The first-order chi connectivity index (χ1) is 14.0. The van der Waals surface area contributed by atoms with E-state index < -0.39 is 0 Å².